The van der Waals surface area contributed by atoms with Crippen LogP contribution in [-0.2, 0) is 0 Å². The first-order valence-electron chi connectivity index (χ1n) is 11.5. The molecule has 0 aliphatic carbocycles. The molecule has 0 unspecified atom stereocenters. The van der Waals surface area contributed by atoms with Gasteiger partial charge in [-0.1, -0.05) is 84.9 Å². The third-order valence-electron chi connectivity index (χ3n) is 6.43. The van der Waals surface area contributed by atoms with Gasteiger partial charge in [-0.05, 0) is 34.9 Å². The fourth-order valence-corrected chi connectivity index (χ4v) is 4.79. The van der Waals surface area contributed by atoms with Gasteiger partial charge in [0.15, 0.2) is 0 Å². The minimum Gasteiger partial charge on any atom is -0.464 e. The quantitative estimate of drug-likeness (QED) is 0.311. The summed E-state index contributed by atoms with van der Waals surface area (Å²) in [7, 11) is 0. The van der Waals surface area contributed by atoms with Crippen molar-refractivity contribution in [2.75, 3.05) is 0 Å². The van der Waals surface area contributed by atoms with Gasteiger partial charge in [0.25, 0.3) is 0 Å². The van der Waals surface area contributed by atoms with E-state index in [0.717, 1.165) is 33.7 Å². The number of hydrogen-bond donors (Lipinski definition) is 0. The molecule has 6 rings (SSSR count). The van der Waals surface area contributed by atoms with Crippen molar-refractivity contribution in [3.05, 3.63) is 120 Å². The molecular weight excluding hydrogens is 446 g/mol. The van der Waals surface area contributed by atoms with Gasteiger partial charge in [0.2, 0.25) is 6.23 Å². The Morgan fingerprint density at radius 2 is 1.37 bits per heavy atom. The number of halogens is 2. The van der Waals surface area contributed by atoms with E-state index >= 15 is 0 Å². The van der Waals surface area contributed by atoms with Crippen molar-refractivity contribution in [1.82, 2.24) is 5.01 Å². The average Bonchev–Trinajstić information content (AvgIpc) is 3.35. The molecule has 0 saturated heterocycles. The summed E-state index contributed by atoms with van der Waals surface area (Å²) in [6.45, 7) is -2.93. The number of fused-ring (bicyclic) bond motifs is 3. The molecule has 6 heteroatoms. The molecule has 0 amide bonds. The molecule has 2 heterocycles. The van der Waals surface area contributed by atoms with Gasteiger partial charge in [0, 0.05) is 12.0 Å². The van der Waals surface area contributed by atoms with Gasteiger partial charge in [0.1, 0.15) is 11.5 Å². The third kappa shape index (κ3) is 4.01. The number of hydrazone groups is 1. The zero-order chi connectivity index (χ0) is 23.8. The van der Waals surface area contributed by atoms with Gasteiger partial charge in [-0.25, -0.2) is 5.01 Å². The van der Waals surface area contributed by atoms with Crippen molar-refractivity contribution in [3.63, 3.8) is 0 Å². The molecule has 0 spiro atoms. The maximum atomic E-state index is 13.1. The molecule has 2 aliphatic rings. The smallest absolute Gasteiger partial charge is 0.387 e. The standard InChI is InChI=1S/C29H22F2N2O2/c30-29(31)35-27-13-7-5-11-23(27)28-33-25(22-10-4-6-12-26(22)34-28)18-24(32-33)21-16-14-20(15-17-21)19-8-2-1-3-9-19/h1-17,25,28-29H,18H2/t25-,28-/m1/s1. The molecule has 0 N–H and O–H groups in total. The zero-order valence-electron chi connectivity index (χ0n) is 18.7. The summed E-state index contributed by atoms with van der Waals surface area (Å²) in [4.78, 5) is 0. The molecule has 174 valence electrons. The molecular formula is C29H22F2N2O2. The molecule has 4 aromatic carbocycles. The molecule has 35 heavy (non-hydrogen) atoms. The molecule has 0 radical (unpaired) electrons. The molecule has 4 aromatic rings. The number of para-hydroxylation sites is 2. The van der Waals surface area contributed by atoms with Crippen LogP contribution in [0.3, 0.4) is 0 Å². The van der Waals surface area contributed by atoms with Crippen LogP contribution in [-0.4, -0.2) is 17.3 Å². The average molecular weight is 469 g/mol. The summed E-state index contributed by atoms with van der Waals surface area (Å²) in [5.74, 6) is 0.808. The molecule has 0 saturated carbocycles. The number of alkyl halides is 2. The van der Waals surface area contributed by atoms with Gasteiger partial charge in [-0.15, -0.1) is 0 Å². The van der Waals surface area contributed by atoms with E-state index in [1.807, 2.05) is 47.5 Å². The van der Waals surface area contributed by atoms with E-state index < -0.39 is 12.8 Å². The van der Waals surface area contributed by atoms with Gasteiger partial charge >= 0.3 is 6.61 Å². The lowest BCUT2D eigenvalue weighted by molar-refractivity contribution is -0.0578. The summed E-state index contributed by atoms with van der Waals surface area (Å²) in [6, 6.07) is 33.0. The summed E-state index contributed by atoms with van der Waals surface area (Å²) in [5, 5.41) is 6.81. The van der Waals surface area contributed by atoms with Crippen molar-refractivity contribution >= 4 is 5.71 Å². The Hall–Kier alpha value is -4.19. The van der Waals surface area contributed by atoms with Crippen LogP contribution in [0.2, 0.25) is 0 Å². The van der Waals surface area contributed by atoms with Crippen LogP contribution in [0.1, 0.15) is 35.4 Å². The van der Waals surface area contributed by atoms with Gasteiger partial charge < -0.3 is 9.47 Å². The Kier molecular flexibility index (Phi) is 5.41. The first kappa shape index (κ1) is 21.4. The second-order valence-corrected chi connectivity index (χ2v) is 8.51. The number of ether oxygens (including phenoxy) is 2. The molecule has 0 aromatic heterocycles. The largest absolute Gasteiger partial charge is 0.464 e. The normalized spacial score (nSPS) is 18.5. The van der Waals surface area contributed by atoms with Crippen LogP contribution in [0.25, 0.3) is 11.1 Å². The van der Waals surface area contributed by atoms with E-state index in [2.05, 4.69) is 36.4 Å². The second kappa shape index (κ2) is 8.87. The Balaban J connectivity index is 1.38. The van der Waals surface area contributed by atoms with Crippen LogP contribution in [0.4, 0.5) is 8.78 Å². The minimum atomic E-state index is -2.93. The maximum Gasteiger partial charge on any atom is 0.387 e. The zero-order valence-corrected chi connectivity index (χ0v) is 18.7. The van der Waals surface area contributed by atoms with Crippen LogP contribution >= 0.6 is 0 Å². The highest BCUT2D eigenvalue weighted by molar-refractivity contribution is 6.02. The summed E-state index contributed by atoms with van der Waals surface area (Å²) >= 11 is 0. The van der Waals surface area contributed by atoms with Crippen LogP contribution in [0.5, 0.6) is 11.5 Å². The summed E-state index contributed by atoms with van der Waals surface area (Å²) < 4.78 is 37.3. The lowest BCUT2D eigenvalue weighted by Crippen LogP contribution is -2.34. The van der Waals surface area contributed by atoms with Crippen molar-refractivity contribution in [2.24, 2.45) is 5.10 Å². The highest BCUT2D eigenvalue weighted by Crippen LogP contribution is 2.48. The van der Waals surface area contributed by atoms with E-state index in [1.54, 1.807) is 18.2 Å². The number of benzene rings is 4. The Labute approximate surface area is 202 Å². The lowest BCUT2D eigenvalue weighted by Gasteiger charge is -2.38. The van der Waals surface area contributed by atoms with Gasteiger partial charge in [-0.2, -0.15) is 13.9 Å². The SMILES string of the molecule is FC(F)Oc1ccccc1[C@H]1Oc2ccccc2[C@H]2CC(c3ccc(-c4ccccc4)cc3)=NN21. The maximum absolute atomic E-state index is 13.1. The van der Waals surface area contributed by atoms with E-state index in [4.69, 9.17) is 14.6 Å². The van der Waals surface area contributed by atoms with Gasteiger partial charge in [-0.3, -0.25) is 0 Å². The van der Waals surface area contributed by atoms with E-state index in [-0.39, 0.29) is 11.8 Å². The van der Waals surface area contributed by atoms with Crippen molar-refractivity contribution in [2.45, 2.75) is 25.3 Å². The minimum absolute atomic E-state index is 0.0756. The van der Waals surface area contributed by atoms with Crippen LogP contribution in [0.15, 0.2) is 108 Å². The first-order valence-corrected chi connectivity index (χ1v) is 11.5. The predicted octanol–water partition coefficient (Wildman–Crippen LogP) is 7.20. The highest BCUT2D eigenvalue weighted by atomic mass is 19.3. The molecule has 0 bridgehead atoms. The van der Waals surface area contributed by atoms with E-state index in [1.165, 1.54) is 6.07 Å². The Morgan fingerprint density at radius 3 is 2.14 bits per heavy atom. The molecule has 0 fully saturated rings. The van der Waals surface area contributed by atoms with E-state index in [0.29, 0.717) is 12.0 Å². The summed E-state index contributed by atoms with van der Waals surface area (Å²) in [5.41, 5.74) is 5.77. The highest BCUT2D eigenvalue weighted by Gasteiger charge is 2.42. The lowest BCUT2D eigenvalue weighted by atomic mass is 9.95. The number of nitrogens with zero attached hydrogens (tertiary/aromatic N) is 2. The molecule has 2 atom stereocenters. The summed E-state index contributed by atoms with van der Waals surface area (Å²) in [6.07, 6.45) is -0.00895. The predicted molar refractivity (Wildman–Crippen MR) is 130 cm³/mol. The molecule has 4 nitrogen and oxygen atoms in total. The Morgan fingerprint density at radius 1 is 0.743 bits per heavy atom. The van der Waals surface area contributed by atoms with Crippen LogP contribution in [0, 0.1) is 0 Å². The second-order valence-electron chi connectivity index (χ2n) is 8.51. The fourth-order valence-electron chi connectivity index (χ4n) is 4.79. The van der Waals surface area contributed by atoms with Gasteiger partial charge in [0.05, 0.1) is 17.3 Å². The number of rotatable bonds is 5. The molecule has 2 aliphatic heterocycles. The number of hydrogen-bond acceptors (Lipinski definition) is 4. The van der Waals surface area contributed by atoms with Crippen molar-refractivity contribution < 1.29 is 18.3 Å². The fraction of sp³-hybridized carbons (Fsp3) is 0.138. The van der Waals surface area contributed by atoms with Crippen LogP contribution < -0.4 is 9.47 Å². The Bertz CT molecular complexity index is 1370. The first-order chi connectivity index (χ1) is 17.2. The van der Waals surface area contributed by atoms with Crippen molar-refractivity contribution in [3.8, 4) is 22.6 Å². The van der Waals surface area contributed by atoms with Crippen molar-refractivity contribution in [1.29, 1.82) is 0 Å². The third-order valence-corrected chi connectivity index (χ3v) is 6.43. The topological polar surface area (TPSA) is 34.1 Å². The van der Waals surface area contributed by atoms with E-state index in [9.17, 15) is 8.78 Å². The monoisotopic (exact) mass is 468 g/mol.